The van der Waals surface area contributed by atoms with Crippen molar-refractivity contribution < 1.29 is 8.42 Å². The Balaban J connectivity index is 2.19. The molecule has 0 spiro atoms. The molecule has 0 amide bonds. The molecule has 0 radical (unpaired) electrons. The second-order valence-electron chi connectivity index (χ2n) is 5.98. The van der Waals surface area contributed by atoms with Crippen molar-refractivity contribution in [1.29, 1.82) is 0 Å². The fourth-order valence-electron chi connectivity index (χ4n) is 2.84. The Morgan fingerprint density at radius 3 is 2.47 bits per heavy atom. The standard InChI is InChI=1S/C15H31NO2S/c1-3-4-6-9-14(2)16-12-13-19(17,18)15-10-7-5-8-11-15/h14-16H,3-13H2,1-2H3. The van der Waals surface area contributed by atoms with Gasteiger partial charge in [-0.25, -0.2) is 8.42 Å². The van der Waals surface area contributed by atoms with Crippen LogP contribution in [-0.2, 0) is 9.84 Å². The van der Waals surface area contributed by atoms with Crippen LogP contribution in [0.4, 0.5) is 0 Å². The molecule has 1 unspecified atom stereocenters. The van der Waals surface area contributed by atoms with E-state index in [4.69, 9.17) is 0 Å². The molecule has 3 nitrogen and oxygen atoms in total. The first-order valence-corrected chi connectivity index (χ1v) is 9.72. The lowest BCUT2D eigenvalue weighted by Gasteiger charge is -2.22. The van der Waals surface area contributed by atoms with Gasteiger partial charge in [-0.2, -0.15) is 0 Å². The molecule has 0 aliphatic heterocycles. The van der Waals surface area contributed by atoms with Crippen LogP contribution in [0.1, 0.15) is 71.6 Å². The van der Waals surface area contributed by atoms with Gasteiger partial charge in [0.05, 0.1) is 11.0 Å². The zero-order valence-electron chi connectivity index (χ0n) is 12.7. The summed E-state index contributed by atoms with van der Waals surface area (Å²) in [5.74, 6) is 0.315. The molecule has 19 heavy (non-hydrogen) atoms. The van der Waals surface area contributed by atoms with E-state index >= 15 is 0 Å². The van der Waals surface area contributed by atoms with Crippen LogP contribution in [0.3, 0.4) is 0 Å². The summed E-state index contributed by atoms with van der Waals surface area (Å²) in [5, 5.41) is 3.30. The monoisotopic (exact) mass is 289 g/mol. The average molecular weight is 289 g/mol. The zero-order chi connectivity index (χ0) is 14.1. The minimum atomic E-state index is -2.87. The second-order valence-corrected chi connectivity index (χ2v) is 8.38. The van der Waals surface area contributed by atoms with Crippen LogP contribution in [0.5, 0.6) is 0 Å². The van der Waals surface area contributed by atoms with Gasteiger partial charge in [0.2, 0.25) is 0 Å². The van der Waals surface area contributed by atoms with Gasteiger partial charge in [0.25, 0.3) is 0 Å². The predicted molar refractivity (Wildman–Crippen MR) is 82.3 cm³/mol. The lowest BCUT2D eigenvalue weighted by Crippen LogP contribution is -2.35. The van der Waals surface area contributed by atoms with Gasteiger partial charge in [0.15, 0.2) is 9.84 Å². The van der Waals surface area contributed by atoms with Crippen LogP contribution in [0.25, 0.3) is 0 Å². The van der Waals surface area contributed by atoms with Gasteiger partial charge in [0.1, 0.15) is 0 Å². The van der Waals surface area contributed by atoms with Crippen molar-refractivity contribution in [3.05, 3.63) is 0 Å². The van der Waals surface area contributed by atoms with Crippen molar-refractivity contribution >= 4 is 9.84 Å². The number of hydrogen-bond donors (Lipinski definition) is 1. The molecule has 1 atom stereocenters. The molecule has 1 N–H and O–H groups in total. The minimum absolute atomic E-state index is 0.0570. The van der Waals surface area contributed by atoms with Crippen LogP contribution in [0.2, 0.25) is 0 Å². The Labute approximate surface area is 119 Å². The van der Waals surface area contributed by atoms with E-state index in [1.54, 1.807) is 0 Å². The molecule has 4 heteroatoms. The number of unbranched alkanes of at least 4 members (excludes halogenated alkanes) is 2. The van der Waals surface area contributed by atoms with E-state index in [1.807, 2.05) is 0 Å². The molecule has 0 bridgehead atoms. The maximum atomic E-state index is 12.2. The van der Waals surface area contributed by atoms with Crippen molar-refractivity contribution in [3.63, 3.8) is 0 Å². The highest BCUT2D eigenvalue weighted by atomic mass is 32.2. The van der Waals surface area contributed by atoms with Crippen LogP contribution >= 0.6 is 0 Å². The highest BCUT2D eigenvalue weighted by Crippen LogP contribution is 2.23. The van der Waals surface area contributed by atoms with Gasteiger partial charge in [-0.3, -0.25) is 0 Å². The number of sulfone groups is 1. The van der Waals surface area contributed by atoms with Gasteiger partial charge in [0, 0.05) is 12.6 Å². The number of rotatable bonds is 9. The zero-order valence-corrected chi connectivity index (χ0v) is 13.5. The quantitative estimate of drug-likeness (QED) is 0.663. The molecular formula is C15H31NO2S. The van der Waals surface area contributed by atoms with Gasteiger partial charge >= 0.3 is 0 Å². The summed E-state index contributed by atoms with van der Waals surface area (Å²) in [6.07, 6.45) is 10.0. The highest BCUT2D eigenvalue weighted by Gasteiger charge is 2.26. The fourth-order valence-corrected chi connectivity index (χ4v) is 4.63. The molecule has 1 aliphatic carbocycles. The third kappa shape index (κ3) is 6.75. The first-order chi connectivity index (χ1) is 9.06. The molecule has 1 rings (SSSR count). The Morgan fingerprint density at radius 1 is 1.16 bits per heavy atom. The van der Waals surface area contributed by atoms with Gasteiger partial charge in [-0.05, 0) is 26.2 Å². The normalized spacial score (nSPS) is 19.5. The summed E-state index contributed by atoms with van der Waals surface area (Å²) in [4.78, 5) is 0. The van der Waals surface area contributed by atoms with E-state index in [9.17, 15) is 8.42 Å². The van der Waals surface area contributed by atoms with Crippen molar-refractivity contribution in [1.82, 2.24) is 5.32 Å². The molecule has 0 aromatic heterocycles. The Kier molecular flexibility index (Phi) is 8.00. The maximum Gasteiger partial charge on any atom is 0.154 e. The first kappa shape index (κ1) is 17.0. The fraction of sp³-hybridized carbons (Fsp3) is 1.00. The van der Waals surface area contributed by atoms with Crippen molar-refractivity contribution in [3.8, 4) is 0 Å². The maximum absolute atomic E-state index is 12.2. The van der Waals surface area contributed by atoms with Crippen molar-refractivity contribution in [2.75, 3.05) is 12.3 Å². The van der Waals surface area contributed by atoms with Crippen LogP contribution in [-0.4, -0.2) is 32.0 Å². The highest BCUT2D eigenvalue weighted by molar-refractivity contribution is 7.92. The lowest BCUT2D eigenvalue weighted by molar-refractivity contribution is 0.476. The lowest BCUT2D eigenvalue weighted by atomic mass is 10.0. The third-order valence-corrected chi connectivity index (χ3v) is 6.44. The largest absolute Gasteiger partial charge is 0.313 e. The molecule has 0 saturated heterocycles. The molecule has 114 valence electrons. The average Bonchev–Trinajstić information content (AvgIpc) is 2.40. The van der Waals surface area contributed by atoms with E-state index in [-0.39, 0.29) is 5.25 Å². The molecule has 1 saturated carbocycles. The summed E-state index contributed by atoms with van der Waals surface area (Å²) < 4.78 is 24.4. The van der Waals surface area contributed by atoms with E-state index in [2.05, 4.69) is 19.2 Å². The van der Waals surface area contributed by atoms with Crippen LogP contribution in [0, 0.1) is 0 Å². The first-order valence-electron chi connectivity index (χ1n) is 8.01. The van der Waals surface area contributed by atoms with Crippen LogP contribution in [0.15, 0.2) is 0 Å². The smallest absolute Gasteiger partial charge is 0.154 e. The molecule has 0 heterocycles. The van der Waals surface area contributed by atoms with Crippen molar-refractivity contribution in [2.45, 2.75) is 82.9 Å². The molecule has 1 fully saturated rings. The van der Waals surface area contributed by atoms with E-state index < -0.39 is 9.84 Å². The number of hydrogen-bond acceptors (Lipinski definition) is 3. The Morgan fingerprint density at radius 2 is 1.84 bits per heavy atom. The summed E-state index contributed by atoms with van der Waals surface area (Å²) in [5.41, 5.74) is 0. The molecule has 0 aromatic carbocycles. The SMILES string of the molecule is CCCCCC(C)NCCS(=O)(=O)C1CCCCC1. The Hall–Kier alpha value is -0.0900. The molecule has 0 aromatic rings. The molecular weight excluding hydrogens is 258 g/mol. The van der Waals surface area contributed by atoms with E-state index in [0.717, 1.165) is 32.1 Å². The van der Waals surface area contributed by atoms with Gasteiger partial charge in [-0.1, -0.05) is 45.4 Å². The van der Waals surface area contributed by atoms with E-state index in [0.29, 0.717) is 18.3 Å². The third-order valence-electron chi connectivity index (χ3n) is 4.18. The summed E-state index contributed by atoms with van der Waals surface area (Å²) in [7, 11) is -2.87. The van der Waals surface area contributed by atoms with Crippen molar-refractivity contribution in [2.24, 2.45) is 0 Å². The van der Waals surface area contributed by atoms with Gasteiger partial charge in [-0.15, -0.1) is 0 Å². The summed E-state index contributed by atoms with van der Waals surface area (Å²) in [6.45, 7) is 4.98. The van der Waals surface area contributed by atoms with Crippen LogP contribution < -0.4 is 5.32 Å². The predicted octanol–water partition coefficient (Wildman–Crippen LogP) is 3.29. The summed E-state index contributed by atoms with van der Waals surface area (Å²) in [6, 6.07) is 0.438. The second kappa shape index (κ2) is 8.96. The van der Waals surface area contributed by atoms with Gasteiger partial charge < -0.3 is 5.32 Å². The summed E-state index contributed by atoms with van der Waals surface area (Å²) >= 11 is 0. The molecule has 1 aliphatic rings. The number of nitrogens with one attached hydrogen (secondary N) is 1. The van der Waals surface area contributed by atoms with E-state index in [1.165, 1.54) is 25.7 Å². The topological polar surface area (TPSA) is 46.2 Å². The Bertz CT molecular complexity index is 321. The minimum Gasteiger partial charge on any atom is -0.313 e.